The monoisotopic (exact) mass is 321 g/mol. The summed E-state index contributed by atoms with van der Waals surface area (Å²) in [6.07, 6.45) is 0. The molecule has 0 aliphatic heterocycles. The number of nitrogens with zero attached hydrogens (tertiary/aromatic N) is 2. The van der Waals surface area contributed by atoms with E-state index in [9.17, 15) is 4.79 Å². The summed E-state index contributed by atoms with van der Waals surface area (Å²) in [7, 11) is 0. The second-order valence-electron chi connectivity index (χ2n) is 6.35. The van der Waals surface area contributed by atoms with Crippen LogP contribution in [-0.2, 0) is 11.3 Å². The highest BCUT2D eigenvalue weighted by atomic mass is 16.1. The molecule has 0 fully saturated rings. The number of hydrogen-bond donors (Lipinski definition) is 1. The second kappa shape index (κ2) is 6.87. The molecule has 0 bridgehead atoms. The Morgan fingerprint density at radius 1 is 1.04 bits per heavy atom. The van der Waals surface area contributed by atoms with Gasteiger partial charge < -0.3 is 9.88 Å². The number of nitrogens with one attached hydrogen (secondary N) is 1. The Balaban J connectivity index is 2.01. The van der Waals surface area contributed by atoms with Crippen molar-refractivity contribution in [1.29, 1.82) is 0 Å². The van der Waals surface area contributed by atoms with E-state index in [1.54, 1.807) is 0 Å². The first-order chi connectivity index (χ1) is 11.6. The number of fused-ring (bicyclic) bond motifs is 1. The molecule has 3 rings (SSSR count). The maximum absolute atomic E-state index is 11.9. The molecule has 4 nitrogen and oxygen atoms in total. The van der Waals surface area contributed by atoms with Gasteiger partial charge in [0.2, 0.25) is 5.91 Å². The van der Waals surface area contributed by atoms with Gasteiger partial charge in [0, 0.05) is 5.92 Å². The lowest BCUT2D eigenvalue weighted by Crippen LogP contribution is -2.29. The number of amides is 1. The number of carbonyl (C=O) groups excluding carboxylic acids is 1. The Morgan fingerprint density at radius 3 is 2.42 bits per heavy atom. The highest BCUT2D eigenvalue weighted by Crippen LogP contribution is 2.26. The number of carbonyl (C=O) groups is 1. The lowest BCUT2D eigenvalue weighted by molar-refractivity contribution is -0.124. The maximum atomic E-state index is 11.9. The van der Waals surface area contributed by atoms with Gasteiger partial charge in [-0.15, -0.1) is 0 Å². The molecule has 2 aromatic carbocycles. The Hall–Kier alpha value is -2.62. The fourth-order valence-electron chi connectivity index (χ4n) is 2.90. The summed E-state index contributed by atoms with van der Waals surface area (Å²) in [6, 6.07) is 18.6. The van der Waals surface area contributed by atoms with Crippen LogP contribution in [0.15, 0.2) is 54.6 Å². The zero-order chi connectivity index (χ0) is 17.1. The molecule has 24 heavy (non-hydrogen) atoms. The third-order valence-electron chi connectivity index (χ3n) is 4.28. The summed E-state index contributed by atoms with van der Waals surface area (Å²) in [5.74, 6) is 0.886. The molecule has 1 unspecified atom stereocenters. The molecule has 0 radical (unpaired) electrons. The van der Waals surface area contributed by atoms with Crippen LogP contribution in [0.1, 0.15) is 38.2 Å². The Kier molecular flexibility index (Phi) is 4.65. The molecule has 1 heterocycles. The molecule has 1 aromatic heterocycles. The highest BCUT2D eigenvalue weighted by molar-refractivity contribution is 5.78. The van der Waals surface area contributed by atoms with E-state index in [-0.39, 0.29) is 17.9 Å². The molecule has 1 amide bonds. The van der Waals surface area contributed by atoms with Crippen LogP contribution in [0.25, 0.3) is 11.0 Å². The SMILES string of the molecule is CC(C)C(=O)NCc1nc2ccccc2n1C(C)c1ccccc1. The summed E-state index contributed by atoms with van der Waals surface area (Å²) in [6.45, 7) is 6.38. The van der Waals surface area contributed by atoms with Crippen LogP contribution >= 0.6 is 0 Å². The summed E-state index contributed by atoms with van der Waals surface area (Å²) in [5, 5.41) is 2.98. The first-order valence-electron chi connectivity index (χ1n) is 8.36. The van der Waals surface area contributed by atoms with E-state index < -0.39 is 0 Å². The molecule has 4 heteroatoms. The lowest BCUT2D eigenvalue weighted by Gasteiger charge is -2.18. The largest absolute Gasteiger partial charge is 0.349 e. The zero-order valence-electron chi connectivity index (χ0n) is 14.4. The molecule has 124 valence electrons. The van der Waals surface area contributed by atoms with Gasteiger partial charge in [-0.1, -0.05) is 56.3 Å². The van der Waals surface area contributed by atoms with Gasteiger partial charge in [0.05, 0.1) is 23.6 Å². The minimum atomic E-state index is -0.0330. The zero-order valence-corrected chi connectivity index (χ0v) is 14.4. The van der Waals surface area contributed by atoms with Crippen LogP contribution in [0.4, 0.5) is 0 Å². The highest BCUT2D eigenvalue weighted by Gasteiger charge is 2.18. The molecular weight excluding hydrogens is 298 g/mol. The van der Waals surface area contributed by atoms with Gasteiger partial charge in [-0.3, -0.25) is 4.79 Å². The van der Waals surface area contributed by atoms with Crippen LogP contribution in [0.2, 0.25) is 0 Å². The minimum Gasteiger partial charge on any atom is -0.349 e. The fourth-order valence-corrected chi connectivity index (χ4v) is 2.90. The molecule has 3 aromatic rings. The number of benzene rings is 2. The first kappa shape index (κ1) is 16.2. The molecule has 0 saturated heterocycles. The lowest BCUT2D eigenvalue weighted by atomic mass is 10.1. The second-order valence-corrected chi connectivity index (χ2v) is 6.35. The standard InChI is InChI=1S/C20H23N3O/c1-14(2)20(24)21-13-19-22-17-11-7-8-12-18(17)23(19)15(3)16-9-5-4-6-10-16/h4-12,14-15H,13H2,1-3H3,(H,21,24). The Morgan fingerprint density at radius 2 is 1.71 bits per heavy atom. The molecular formula is C20H23N3O. The van der Waals surface area contributed by atoms with Crippen molar-refractivity contribution in [1.82, 2.24) is 14.9 Å². The predicted octanol–water partition coefficient (Wildman–Crippen LogP) is 3.92. The van der Waals surface area contributed by atoms with Gasteiger partial charge >= 0.3 is 0 Å². The average molecular weight is 321 g/mol. The van der Waals surface area contributed by atoms with Crippen LogP contribution in [0.3, 0.4) is 0 Å². The van der Waals surface area contributed by atoms with Gasteiger partial charge in [-0.25, -0.2) is 4.98 Å². The third kappa shape index (κ3) is 3.18. The van der Waals surface area contributed by atoms with Crippen LogP contribution in [-0.4, -0.2) is 15.5 Å². The molecule has 1 N–H and O–H groups in total. The van der Waals surface area contributed by atoms with E-state index in [0.29, 0.717) is 6.54 Å². The maximum Gasteiger partial charge on any atom is 0.222 e. The Bertz CT molecular complexity index is 836. The van der Waals surface area contributed by atoms with Crippen molar-refractivity contribution in [2.45, 2.75) is 33.4 Å². The molecule has 1 atom stereocenters. The third-order valence-corrected chi connectivity index (χ3v) is 4.28. The van der Waals surface area contributed by atoms with Crippen molar-refractivity contribution in [3.8, 4) is 0 Å². The quantitative estimate of drug-likeness (QED) is 0.774. The van der Waals surface area contributed by atoms with Gasteiger partial charge in [0.25, 0.3) is 0 Å². The number of rotatable bonds is 5. The molecule has 0 spiro atoms. The summed E-state index contributed by atoms with van der Waals surface area (Å²) < 4.78 is 2.21. The van der Waals surface area contributed by atoms with Gasteiger partial charge in [0.15, 0.2) is 0 Å². The fraction of sp³-hybridized carbons (Fsp3) is 0.300. The molecule has 0 saturated carbocycles. The average Bonchev–Trinajstić information content (AvgIpc) is 2.98. The van der Waals surface area contributed by atoms with Gasteiger partial charge in [0.1, 0.15) is 5.82 Å². The normalized spacial score (nSPS) is 12.5. The van der Waals surface area contributed by atoms with Crippen molar-refractivity contribution < 1.29 is 4.79 Å². The number of para-hydroxylation sites is 2. The van der Waals surface area contributed by atoms with Crippen molar-refractivity contribution in [3.63, 3.8) is 0 Å². The van der Waals surface area contributed by atoms with E-state index in [1.807, 2.05) is 50.2 Å². The Labute approximate surface area is 142 Å². The van der Waals surface area contributed by atoms with Gasteiger partial charge in [-0.2, -0.15) is 0 Å². The molecule has 0 aliphatic carbocycles. The number of hydrogen-bond acceptors (Lipinski definition) is 2. The van der Waals surface area contributed by atoms with Crippen LogP contribution in [0.5, 0.6) is 0 Å². The van der Waals surface area contributed by atoms with Crippen LogP contribution in [0, 0.1) is 5.92 Å². The van der Waals surface area contributed by atoms with Crippen molar-refractivity contribution in [2.75, 3.05) is 0 Å². The first-order valence-corrected chi connectivity index (χ1v) is 8.36. The van der Waals surface area contributed by atoms with E-state index in [4.69, 9.17) is 4.98 Å². The summed E-state index contributed by atoms with van der Waals surface area (Å²) in [5.41, 5.74) is 3.26. The van der Waals surface area contributed by atoms with E-state index >= 15 is 0 Å². The summed E-state index contributed by atoms with van der Waals surface area (Å²) in [4.78, 5) is 16.7. The smallest absolute Gasteiger partial charge is 0.222 e. The molecule has 0 aliphatic rings. The van der Waals surface area contributed by atoms with E-state index in [0.717, 1.165) is 16.9 Å². The van der Waals surface area contributed by atoms with Crippen molar-refractivity contribution in [3.05, 3.63) is 66.0 Å². The van der Waals surface area contributed by atoms with Crippen molar-refractivity contribution >= 4 is 16.9 Å². The minimum absolute atomic E-state index is 0.0330. The number of aromatic nitrogens is 2. The summed E-state index contributed by atoms with van der Waals surface area (Å²) >= 11 is 0. The topological polar surface area (TPSA) is 46.9 Å². The number of imidazole rings is 1. The predicted molar refractivity (Wildman–Crippen MR) is 96.7 cm³/mol. The van der Waals surface area contributed by atoms with Gasteiger partial charge in [-0.05, 0) is 24.6 Å². The van der Waals surface area contributed by atoms with Crippen molar-refractivity contribution in [2.24, 2.45) is 5.92 Å². The van der Waals surface area contributed by atoms with Crippen LogP contribution < -0.4 is 5.32 Å². The van der Waals surface area contributed by atoms with E-state index in [1.165, 1.54) is 5.56 Å². The van der Waals surface area contributed by atoms with E-state index in [2.05, 4.69) is 35.0 Å².